The molecule has 3 N–H and O–H groups in total. The Morgan fingerprint density at radius 2 is 1.91 bits per heavy atom. The topological polar surface area (TPSA) is 122 Å². The van der Waals surface area contributed by atoms with Crippen LogP contribution in [0.3, 0.4) is 0 Å². The Bertz CT molecular complexity index is 1270. The van der Waals surface area contributed by atoms with Crippen LogP contribution in [0.2, 0.25) is 0 Å². The van der Waals surface area contributed by atoms with Crippen molar-refractivity contribution < 1.29 is 13.2 Å². The van der Waals surface area contributed by atoms with Gasteiger partial charge in [-0.25, -0.2) is 13.4 Å². The van der Waals surface area contributed by atoms with Crippen LogP contribution in [0.5, 0.6) is 0 Å². The molecular formula is C20H26N6O3S3. The standard InChI is InChI=1S/C20H26N6O3S3/c1-11(2)10-15(25-32(28,29)14-8-6-12(3)7-9-14)18(27)22-19-21-13(4)16(31-19)17-23-24-20(30)26(17)5/h6-9,11,15,25H,10H2,1-5H3,(H,24,30)(H,21,22,27). The third-order valence-electron chi connectivity index (χ3n) is 4.76. The lowest BCUT2D eigenvalue weighted by atomic mass is 10.0. The minimum Gasteiger partial charge on any atom is -0.303 e. The molecule has 2 heterocycles. The highest BCUT2D eigenvalue weighted by Crippen LogP contribution is 2.31. The van der Waals surface area contributed by atoms with Crippen molar-refractivity contribution >= 4 is 44.6 Å². The zero-order chi connectivity index (χ0) is 23.6. The molecule has 0 bridgehead atoms. The highest BCUT2D eigenvalue weighted by Gasteiger charge is 2.27. The summed E-state index contributed by atoms with van der Waals surface area (Å²) in [5, 5.41) is 10.1. The summed E-state index contributed by atoms with van der Waals surface area (Å²) in [6.07, 6.45) is 0.335. The number of aromatic nitrogens is 4. The van der Waals surface area contributed by atoms with E-state index in [0.29, 0.717) is 27.8 Å². The van der Waals surface area contributed by atoms with Gasteiger partial charge in [0.2, 0.25) is 15.9 Å². The van der Waals surface area contributed by atoms with Crippen LogP contribution < -0.4 is 10.0 Å². The molecule has 1 unspecified atom stereocenters. The molecule has 0 aliphatic heterocycles. The van der Waals surface area contributed by atoms with E-state index in [9.17, 15) is 13.2 Å². The van der Waals surface area contributed by atoms with Gasteiger partial charge in [0.1, 0.15) is 6.04 Å². The van der Waals surface area contributed by atoms with Crippen molar-refractivity contribution in [2.45, 2.75) is 45.1 Å². The number of carbonyl (C=O) groups excluding carboxylic acids is 1. The van der Waals surface area contributed by atoms with E-state index in [0.717, 1.165) is 10.4 Å². The van der Waals surface area contributed by atoms with Crippen LogP contribution in [-0.2, 0) is 21.9 Å². The second-order valence-electron chi connectivity index (χ2n) is 7.95. The number of carbonyl (C=O) groups is 1. The molecule has 1 aromatic carbocycles. The molecule has 1 atom stereocenters. The van der Waals surface area contributed by atoms with Gasteiger partial charge < -0.3 is 9.88 Å². The van der Waals surface area contributed by atoms with Crippen molar-refractivity contribution in [2.24, 2.45) is 13.0 Å². The van der Waals surface area contributed by atoms with Gasteiger partial charge in [-0.05, 0) is 50.5 Å². The molecule has 0 saturated carbocycles. The maximum atomic E-state index is 13.0. The Labute approximate surface area is 196 Å². The first kappa shape index (κ1) is 24.2. The molecule has 0 aliphatic rings. The maximum absolute atomic E-state index is 13.0. The summed E-state index contributed by atoms with van der Waals surface area (Å²) in [6, 6.07) is 5.53. The number of nitrogens with one attached hydrogen (secondary N) is 3. The first-order valence-electron chi connectivity index (χ1n) is 9.97. The average molecular weight is 495 g/mol. The summed E-state index contributed by atoms with van der Waals surface area (Å²) in [5.74, 6) is 0.239. The molecule has 9 nitrogen and oxygen atoms in total. The molecule has 3 aromatic rings. The number of aryl methyl sites for hydroxylation is 2. The normalized spacial score (nSPS) is 12.8. The van der Waals surface area contributed by atoms with Gasteiger partial charge in [0.05, 0.1) is 15.5 Å². The lowest BCUT2D eigenvalue weighted by Gasteiger charge is -2.19. The molecule has 1 amide bonds. The van der Waals surface area contributed by atoms with Crippen molar-refractivity contribution in [3.05, 3.63) is 40.3 Å². The fourth-order valence-corrected chi connectivity index (χ4v) is 5.39. The molecule has 12 heteroatoms. The number of hydrogen-bond acceptors (Lipinski definition) is 7. The molecule has 2 aromatic heterocycles. The van der Waals surface area contributed by atoms with Crippen LogP contribution in [-0.4, -0.2) is 40.1 Å². The van der Waals surface area contributed by atoms with Crippen LogP contribution in [0.15, 0.2) is 29.2 Å². The van der Waals surface area contributed by atoms with E-state index in [1.165, 1.54) is 23.5 Å². The van der Waals surface area contributed by atoms with E-state index in [2.05, 4.69) is 25.2 Å². The average Bonchev–Trinajstić information content (AvgIpc) is 3.22. The summed E-state index contributed by atoms with van der Waals surface area (Å²) in [5.41, 5.74) is 1.63. The molecule has 3 rings (SSSR count). The van der Waals surface area contributed by atoms with E-state index in [1.807, 2.05) is 27.7 Å². The number of hydrogen-bond donors (Lipinski definition) is 3. The SMILES string of the molecule is Cc1ccc(S(=O)(=O)NC(CC(C)C)C(=O)Nc2nc(C)c(-c3n[nH]c(=S)n3C)s2)cc1. The Morgan fingerprint density at radius 1 is 1.25 bits per heavy atom. The molecule has 0 saturated heterocycles. The zero-order valence-corrected chi connectivity index (χ0v) is 20.9. The molecular weight excluding hydrogens is 468 g/mol. The Kier molecular flexibility index (Phi) is 7.28. The lowest BCUT2D eigenvalue weighted by Crippen LogP contribution is -2.44. The summed E-state index contributed by atoms with van der Waals surface area (Å²) in [7, 11) is -2.08. The fourth-order valence-electron chi connectivity index (χ4n) is 3.05. The van der Waals surface area contributed by atoms with E-state index in [4.69, 9.17) is 12.2 Å². The smallest absolute Gasteiger partial charge is 0.244 e. The minimum atomic E-state index is -3.86. The molecule has 0 spiro atoms. The second kappa shape index (κ2) is 9.61. The molecule has 32 heavy (non-hydrogen) atoms. The second-order valence-corrected chi connectivity index (χ2v) is 11.1. The van der Waals surface area contributed by atoms with Gasteiger partial charge in [0.15, 0.2) is 15.7 Å². The number of benzene rings is 1. The van der Waals surface area contributed by atoms with Gasteiger partial charge in [-0.2, -0.15) is 9.82 Å². The van der Waals surface area contributed by atoms with Gasteiger partial charge in [0.25, 0.3) is 0 Å². The number of amides is 1. The lowest BCUT2D eigenvalue weighted by molar-refractivity contribution is -0.118. The number of aromatic amines is 1. The third kappa shape index (κ3) is 5.49. The van der Waals surface area contributed by atoms with Crippen LogP contribution >= 0.6 is 23.6 Å². The minimum absolute atomic E-state index is 0.0913. The van der Waals surface area contributed by atoms with Crippen LogP contribution in [0, 0.1) is 24.5 Å². The highest BCUT2D eigenvalue weighted by atomic mass is 32.2. The summed E-state index contributed by atoms with van der Waals surface area (Å²) in [6.45, 7) is 7.54. The van der Waals surface area contributed by atoms with E-state index in [1.54, 1.807) is 23.7 Å². The molecule has 0 fully saturated rings. The predicted molar refractivity (Wildman–Crippen MR) is 128 cm³/mol. The Hall–Kier alpha value is -2.41. The summed E-state index contributed by atoms with van der Waals surface area (Å²) < 4.78 is 30.4. The van der Waals surface area contributed by atoms with E-state index < -0.39 is 22.0 Å². The van der Waals surface area contributed by atoms with Crippen LogP contribution in [0.4, 0.5) is 5.13 Å². The molecule has 172 valence electrons. The van der Waals surface area contributed by atoms with Crippen LogP contribution in [0.1, 0.15) is 31.5 Å². The van der Waals surface area contributed by atoms with Crippen molar-refractivity contribution in [3.8, 4) is 10.7 Å². The van der Waals surface area contributed by atoms with E-state index in [-0.39, 0.29) is 10.8 Å². The number of rotatable bonds is 8. The largest absolute Gasteiger partial charge is 0.303 e. The van der Waals surface area contributed by atoms with Crippen molar-refractivity contribution in [3.63, 3.8) is 0 Å². The number of H-pyrrole nitrogens is 1. The first-order chi connectivity index (χ1) is 15.0. The first-order valence-corrected chi connectivity index (χ1v) is 12.7. The summed E-state index contributed by atoms with van der Waals surface area (Å²) >= 11 is 6.41. The van der Waals surface area contributed by atoms with Gasteiger partial charge in [0, 0.05) is 7.05 Å². The van der Waals surface area contributed by atoms with Gasteiger partial charge >= 0.3 is 0 Å². The molecule has 0 aliphatic carbocycles. The number of thiazole rings is 1. The van der Waals surface area contributed by atoms with Crippen molar-refractivity contribution in [1.82, 2.24) is 24.5 Å². The highest BCUT2D eigenvalue weighted by molar-refractivity contribution is 7.89. The van der Waals surface area contributed by atoms with E-state index >= 15 is 0 Å². The van der Waals surface area contributed by atoms with Crippen molar-refractivity contribution in [1.29, 1.82) is 0 Å². The third-order valence-corrected chi connectivity index (χ3v) is 7.68. The fraction of sp³-hybridized carbons (Fsp3) is 0.400. The zero-order valence-electron chi connectivity index (χ0n) is 18.5. The molecule has 0 radical (unpaired) electrons. The Balaban J connectivity index is 1.82. The monoisotopic (exact) mass is 494 g/mol. The summed E-state index contributed by atoms with van der Waals surface area (Å²) in [4.78, 5) is 18.3. The van der Waals surface area contributed by atoms with Gasteiger partial charge in [-0.1, -0.05) is 42.9 Å². The number of sulfonamides is 1. The maximum Gasteiger partial charge on any atom is 0.244 e. The number of nitrogens with zero attached hydrogens (tertiary/aromatic N) is 3. The van der Waals surface area contributed by atoms with Crippen molar-refractivity contribution in [2.75, 3.05) is 5.32 Å². The van der Waals surface area contributed by atoms with Crippen LogP contribution in [0.25, 0.3) is 10.7 Å². The number of anilines is 1. The van der Waals surface area contributed by atoms with Gasteiger partial charge in [-0.15, -0.1) is 0 Å². The predicted octanol–water partition coefficient (Wildman–Crippen LogP) is 3.55. The Morgan fingerprint density at radius 3 is 2.47 bits per heavy atom. The van der Waals surface area contributed by atoms with Gasteiger partial charge in [-0.3, -0.25) is 9.89 Å². The quantitative estimate of drug-likeness (QED) is 0.412.